The Morgan fingerprint density at radius 3 is 2.35 bits per heavy atom. The zero-order chi connectivity index (χ0) is 12.8. The van der Waals surface area contributed by atoms with Gasteiger partial charge in [0.15, 0.2) is 0 Å². The number of aryl methyl sites for hydroxylation is 2. The van der Waals surface area contributed by atoms with Gasteiger partial charge in [0.25, 0.3) is 0 Å². The third-order valence-corrected chi connectivity index (χ3v) is 2.75. The van der Waals surface area contributed by atoms with Crippen molar-refractivity contribution < 1.29 is 4.79 Å². The SMILES string of the molecule is CC=CC=CC(=O)Nc1c(C)cc(Br)cc1C. The van der Waals surface area contributed by atoms with Crippen molar-refractivity contribution in [2.75, 3.05) is 5.32 Å². The minimum absolute atomic E-state index is 0.114. The Morgan fingerprint density at radius 2 is 1.82 bits per heavy atom. The molecule has 0 unspecified atom stereocenters. The van der Waals surface area contributed by atoms with Crippen molar-refractivity contribution in [1.29, 1.82) is 0 Å². The maximum Gasteiger partial charge on any atom is 0.248 e. The zero-order valence-corrected chi connectivity index (χ0v) is 11.8. The molecule has 1 aromatic carbocycles. The second-order valence-electron chi connectivity index (χ2n) is 3.79. The van der Waals surface area contributed by atoms with Gasteiger partial charge in [-0.3, -0.25) is 4.79 Å². The number of halogens is 1. The first-order chi connectivity index (χ1) is 8.04. The average Bonchev–Trinajstić information content (AvgIpc) is 2.24. The minimum Gasteiger partial charge on any atom is -0.322 e. The molecule has 0 radical (unpaired) electrons. The van der Waals surface area contributed by atoms with Crippen molar-refractivity contribution in [2.45, 2.75) is 20.8 Å². The van der Waals surface area contributed by atoms with Crippen molar-refractivity contribution in [3.8, 4) is 0 Å². The summed E-state index contributed by atoms with van der Waals surface area (Å²) in [4.78, 5) is 11.6. The van der Waals surface area contributed by atoms with E-state index in [2.05, 4.69) is 21.2 Å². The summed E-state index contributed by atoms with van der Waals surface area (Å²) in [6, 6.07) is 3.97. The van der Waals surface area contributed by atoms with Crippen LogP contribution in [0.1, 0.15) is 18.1 Å². The van der Waals surface area contributed by atoms with Crippen molar-refractivity contribution >= 4 is 27.5 Å². The van der Waals surface area contributed by atoms with Gasteiger partial charge < -0.3 is 5.32 Å². The van der Waals surface area contributed by atoms with Crippen molar-refractivity contribution in [2.24, 2.45) is 0 Å². The third kappa shape index (κ3) is 4.19. The number of benzene rings is 1. The lowest BCUT2D eigenvalue weighted by atomic mass is 10.1. The highest BCUT2D eigenvalue weighted by Gasteiger charge is 2.06. The molecule has 1 aromatic rings. The molecule has 0 saturated carbocycles. The fourth-order valence-corrected chi connectivity index (χ4v) is 2.21. The molecule has 0 bridgehead atoms. The summed E-state index contributed by atoms with van der Waals surface area (Å²) < 4.78 is 1.02. The molecule has 0 spiro atoms. The molecule has 1 amide bonds. The van der Waals surface area contributed by atoms with E-state index >= 15 is 0 Å². The molecule has 0 saturated heterocycles. The number of rotatable bonds is 3. The van der Waals surface area contributed by atoms with Gasteiger partial charge in [-0.2, -0.15) is 0 Å². The lowest BCUT2D eigenvalue weighted by molar-refractivity contribution is -0.111. The van der Waals surface area contributed by atoms with E-state index < -0.39 is 0 Å². The molecular weight excluding hydrogens is 278 g/mol. The number of hydrogen-bond acceptors (Lipinski definition) is 1. The molecule has 1 rings (SSSR count). The molecule has 0 aliphatic carbocycles. The molecule has 17 heavy (non-hydrogen) atoms. The molecule has 2 nitrogen and oxygen atoms in total. The highest BCUT2D eigenvalue weighted by atomic mass is 79.9. The Morgan fingerprint density at radius 1 is 1.24 bits per heavy atom. The minimum atomic E-state index is -0.114. The normalized spacial score (nSPS) is 11.3. The van der Waals surface area contributed by atoms with Crippen LogP contribution < -0.4 is 5.32 Å². The van der Waals surface area contributed by atoms with Crippen LogP contribution in [0.15, 0.2) is 40.9 Å². The van der Waals surface area contributed by atoms with Crippen LogP contribution in [0.3, 0.4) is 0 Å². The van der Waals surface area contributed by atoms with Gasteiger partial charge >= 0.3 is 0 Å². The van der Waals surface area contributed by atoms with Crippen molar-refractivity contribution in [3.05, 3.63) is 52.0 Å². The van der Waals surface area contributed by atoms with E-state index in [-0.39, 0.29) is 5.91 Å². The molecule has 1 N–H and O–H groups in total. The number of amides is 1. The number of allylic oxidation sites excluding steroid dienone is 3. The summed E-state index contributed by atoms with van der Waals surface area (Å²) in [5.74, 6) is -0.114. The molecule has 90 valence electrons. The van der Waals surface area contributed by atoms with Gasteiger partial charge in [-0.15, -0.1) is 0 Å². The highest BCUT2D eigenvalue weighted by molar-refractivity contribution is 9.10. The van der Waals surface area contributed by atoms with E-state index in [1.807, 2.05) is 45.1 Å². The van der Waals surface area contributed by atoms with E-state index in [9.17, 15) is 4.79 Å². The number of carbonyl (C=O) groups excluding carboxylic acids is 1. The number of carbonyl (C=O) groups is 1. The molecular formula is C14H16BrNO. The number of nitrogens with one attached hydrogen (secondary N) is 1. The first-order valence-corrected chi connectivity index (χ1v) is 6.21. The molecule has 0 atom stereocenters. The van der Waals surface area contributed by atoms with Crippen LogP contribution in [0.4, 0.5) is 5.69 Å². The summed E-state index contributed by atoms with van der Waals surface area (Å²) in [5.41, 5.74) is 2.97. The lowest BCUT2D eigenvalue weighted by Gasteiger charge is -2.10. The fraction of sp³-hybridized carbons (Fsp3) is 0.214. The molecule has 0 aromatic heterocycles. The van der Waals surface area contributed by atoms with Gasteiger partial charge in [-0.25, -0.2) is 0 Å². The van der Waals surface area contributed by atoms with Gasteiger partial charge in [0.2, 0.25) is 5.91 Å². The monoisotopic (exact) mass is 293 g/mol. The summed E-state index contributed by atoms with van der Waals surface area (Å²) in [6.07, 6.45) is 6.93. The largest absolute Gasteiger partial charge is 0.322 e. The Labute approximate surface area is 111 Å². The van der Waals surface area contributed by atoms with Crippen LogP contribution in [0, 0.1) is 13.8 Å². The maximum absolute atomic E-state index is 11.6. The Hall–Kier alpha value is -1.35. The van der Waals surface area contributed by atoms with Crippen LogP contribution in [-0.2, 0) is 4.79 Å². The van der Waals surface area contributed by atoms with E-state index in [0.717, 1.165) is 21.3 Å². The molecule has 0 fully saturated rings. The molecule has 3 heteroatoms. The third-order valence-electron chi connectivity index (χ3n) is 2.30. The maximum atomic E-state index is 11.6. The Kier molecular flexibility index (Phi) is 5.16. The second kappa shape index (κ2) is 6.40. The van der Waals surface area contributed by atoms with Gasteiger partial charge in [0.05, 0.1) is 0 Å². The van der Waals surface area contributed by atoms with Crippen molar-refractivity contribution in [1.82, 2.24) is 0 Å². The van der Waals surface area contributed by atoms with Crippen LogP contribution in [0.25, 0.3) is 0 Å². The van der Waals surface area contributed by atoms with Crippen LogP contribution >= 0.6 is 15.9 Å². The van der Waals surface area contributed by atoms with Gasteiger partial charge in [0, 0.05) is 16.2 Å². The lowest BCUT2D eigenvalue weighted by Crippen LogP contribution is -2.10. The predicted octanol–water partition coefficient (Wildman–Crippen LogP) is 4.14. The molecule has 0 heterocycles. The van der Waals surface area contributed by atoms with Crippen LogP contribution in [0.5, 0.6) is 0 Å². The van der Waals surface area contributed by atoms with E-state index in [4.69, 9.17) is 0 Å². The summed E-state index contributed by atoms with van der Waals surface area (Å²) in [7, 11) is 0. The Balaban J connectivity index is 2.85. The summed E-state index contributed by atoms with van der Waals surface area (Å²) >= 11 is 3.43. The standard InChI is InChI=1S/C14H16BrNO/c1-4-5-6-7-13(17)16-14-10(2)8-12(15)9-11(14)3/h4-9H,1-3H3,(H,16,17). The van der Waals surface area contributed by atoms with Gasteiger partial charge in [0.1, 0.15) is 0 Å². The first-order valence-electron chi connectivity index (χ1n) is 5.41. The number of hydrogen-bond donors (Lipinski definition) is 1. The highest BCUT2D eigenvalue weighted by Crippen LogP contribution is 2.24. The first kappa shape index (κ1) is 13.7. The summed E-state index contributed by atoms with van der Waals surface area (Å²) in [6.45, 7) is 5.86. The molecule has 0 aliphatic heterocycles. The smallest absolute Gasteiger partial charge is 0.248 e. The number of anilines is 1. The van der Waals surface area contributed by atoms with E-state index in [0.29, 0.717) is 0 Å². The predicted molar refractivity (Wildman–Crippen MR) is 76.2 cm³/mol. The van der Waals surface area contributed by atoms with Crippen molar-refractivity contribution in [3.63, 3.8) is 0 Å². The zero-order valence-electron chi connectivity index (χ0n) is 10.3. The fourth-order valence-electron chi connectivity index (χ4n) is 1.53. The molecule has 0 aliphatic rings. The quantitative estimate of drug-likeness (QED) is 0.659. The van der Waals surface area contributed by atoms with E-state index in [1.54, 1.807) is 6.08 Å². The van der Waals surface area contributed by atoms with Gasteiger partial charge in [-0.1, -0.05) is 34.2 Å². The topological polar surface area (TPSA) is 29.1 Å². The summed E-state index contributed by atoms with van der Waals surface area (Å²) in [5, 5.41) is 2.88. The van der Waals surface area contributed by atoms with E-state index in [1.165, 1.54) is 6.08 Å². The van der Waals surface area contributed by atoms with Crippen LogP contribution in [0.2, 0.25) is 0 Å². The van der Waals surface area contributed by atoms with Crippen LogP contribution in [-0.4, -0.2) is 5.91 Å². The average molecular weight is 294 g/mol. The van der Waals surface area contributed by atoms with Gasteiger partial charge in [-0.05, 0) is 44.0 Å². The Bertz CT molecular complexity index is 452. The second-order valence-corrected chi connectivity index (χ2v) is 4.70.